The first-order chi connectivity index (χ1) is 12.0. The quantitative estimate of drug-likeness (QED) is 0.697. The summed E-state index contributed by atoms with van der Waals surface area (Å²) in [6, 6.07) is 11.9. The van der Waals surface area contributed by atoms with Crippen molar-refractivity contribution in [2.75, 3.05) is 5.32 Å². The molecule has 4 nitrogen and oxygen atoms in total. The number of aromatic nitrogens is 1. The molecule has 0 spiro atoms. The Morgan fingerprint density at radius 2 is 2.08 bits per heavy atom. The molecule has 0 saturated carbocycles. The molecule has 0 radical (unpaired) electrons. The second kappa shape index (κ2) is 7.49. The van der Waals surface area contributed by atoms with Gasteiger partial charge in [0.25, 0.3) is 0 Å². The standard InChI is InChI=1S/C19H16ClFN2O2/c1-12-6-7-16(15(21)10-12)23-18(24)8-9-19-22-11-17(25-19)13-4-2-3-5-14(13)20/h2-7,10-11H,8-9H2,1H3,(H,23,24). The van der Waals surface area contributed by atoms with Gasteiger partial charge in [-0.3, -0.25) is 4.79 Å². The van der Waals surface area contributed by atoms with E-state index in [9.17, 15) is 9.18 Å². The van der Waals surface area contributed by atoms with Gasteiger partial charge in [-0.25, -0.2) is 9.37 Å². The van der Waals surface area contributed by atoms with Gasteiger partial charge < -0.3 is 9.73 Å². The van der Waals surface area contributed by atoms with Crippen LogP contribution in [0.25, 0.3) is 11.3 Å². The third-order valence-electron chi connectivity index (χ3n) is 3.66. The first-order valence-corrected chi connectivity index (χ1v) is 8.16. The summed E-state index contributed by atoms with van der Waals surface area (Å²) in [4.78, 5) is 16.1. The van der Waals surface area contributed by atoms with Crippen LogP contribution >= 0.6 is 11.6 Å². The molecular weight excluding hydrogens is 343 g/mol. The average Bonchev–Trinajstić information content (AvgIpc) is 3.05. The number of rotatable bonds is 5. The van der Waals surface area contributed by atoms with E-state index in [4.69, 9.17) is 16.0 Å². The maximum atomic E-state index is 13.7. The molecule has 0 saturated heterocycles. The Kier molecular flexibility index (Phi) is 5.14. The van der Waals surface area contributed by atoms with Crippen molar-refractivity contribution < 1.29 is 13.6 Å². The van der Waals surface area contributed by atoms with Crippen LogP contribution < -0.4 is 5.32 Å². The molecule has 0 aliphatic carbocycles. The fraction of sp³-hybridized carbons (Fsp3) is 0.158. The Morgan fingerprint density at radius 3 is 2.84 bits per heavy atom. The fourth-order valence-corrected chi connectivity index (χ4v) is 2.59. The van der Waals surface area contributed by atoms with Gasteiger partial charge in [-0.15, -0.1) is 0 Å². The third-order valence-corrected chi connectivity index (χ3v) is 3.99. The van der Waals surface area contributed by atoms with Gasteiger partial charge in [0.2, 0.25) is 5.91 Å². The van der Waals surface area contributed by atoms with Crippen LogP contribution in [0.3, 0.4) is 0 Å². The largest absolute Gasteiger partial charge is 0.441 e. The molecule has 25 heavy (non-hydrogen) atoms. The molecule has 6 heteroatoms. The van der Waals surface area contributed by atoms with Crippen LogP contribution in [0.1, 0.15) is 17.9 Å². The molecule has 0 fully saturated rings. The highest BCUT2D eigenvalue weighted by Gasteiger charge is 2.12. The zero-order valence-electron chi connectivity index (χ0n) is 13.6. The number of hydrogen-bond donors (Lipinski definition) is 1. The predicted molar refractivity (Wildman–Crippen MR) is 95.0 cm³/mol. The van der Waals surface area contributed by atoms with E-state index in [1.807, 2.05) is 18.2 Å². The van der Waals surface area contributed by atoms with E-state index in [0.29, 0.717) is 23.1 Å². The predicted octanol–water partition coefficient (Wildman–Crippen LogP) is 5.01. The number of carbonyl (C=O) groups excluding carboxylic acids is 1. The van der Waals surface area contributed by atoms with Crippen LogP contribution in [-0.4, -0.2) is 10.9 Å². The number of aryl methyl sites for hydroxylation is 2. The van der Waals surface area contributed by atoms with E-state index >= 15 is 0 Å². The Labute approximate surface area is 149 Å². The minimum absolute atomic E-state index is 0.135. The first-order valence-electron chi connectivity index (χ1n) is 7.78. The van der Waals surface area contributed by atoms with Gasteiger partial charge in [-0.1, -0.05) is 29.8 Å². The molecule has 1 N–H and O–H groups in total. The van der Waals surface area contributed by atoms with Crippen LogP contribution in [0.2, 0.25) is 5.02 Å². The van der Waals surface area contributed by atoms with E-state index in [2.05, 4.69) is 10.3 Å². The Morgan fingerprint density at radius 1 is 1.28 bits per heavy atom. The van der Waals surface area contributed by atoms with Gasteiger partial charge in [0.15, 0.2) is 11.7 Å². The summed E-state index contributed by atoms with van der Waals surface area (Å²) in [5.74, 6) is 0.214. The number of amides is 1. The molecule has 1 amide bonds. The number of anilines is 1. The number of carbonyl (C=O) groups is 1. The summed E-state index contributed by atoms with van der Waals surface area (Å²) in [6.45, 7) is 1.79. The second-order valence-electron chi connectivity index (χ2n) is 5.63. The summed E-state index contributed by atoms with van der Waals surface area (Å²) in [7, 11) is 0. The van der Waals surface area contributed by atoms with Crippen LogP contribution in [0.15, 0.2) is 53.1 Å². The van der Waals surface area contributed by atoms with Gasteiger partial charge >= 0.3 is 0 Å². The maximum absolute atomic E-state index is 13.7. The highest BCUT2D eigenvalue weighted by atomic mass is 35.5. The fourth-order valence-electron chi connectivity index (χ4n) is 2.37. The molecule has 0 atom stereocenters. The van der Waals surface area contributed by atoms with Gasteiger partial charge in [0.05, 0.1) is 16.9 Å². The molecule has 0 unspecified atom stereocenters. The normalized spacial score (nSPS) is 10.7. The Bertz CT molecular complexity index is 908. The average molecular weight is 359 g/mol. The summed E-state index contributed by atoms with van der Waals surface area (Å²) >= 11 is 6.12. The molecule has 0 bridgehead atoms. The lowest BCUT2D eigenvalue weighted by Crippen LogP contribution is -2.13. The zero-order valence-corrected chi connectivity index (χ0v) is 14.3. The number of benzene rings is 2. The Balaban J connectivity index is 1.60. The van der Waals surface area contributed by atoms with Crippen LogP contribution in [0.5, 0.6) is 0 Å². The van der Waals surface area contributed by atoms with E-state index in [0.717, 1.165) is 11.1 Å². The summed E-state index contributed by atoms with van der Waals surface area (Å²) < 4.78 is 19.4. The van der Waals surface area contributed by atoms with Crippen molar-refractivity contribution in [3.05, 3.63) is 71.0 Å². The molecule has 128 valence electrons. The SMILES string of the molecule is Cc1ccc(NC(=O)CCc2ncc(-c3ccccc3Cl)o2)c(F)c1. The highest BCUT2D eigenvalue weighted by Crippen LogP contribution is 2.28. The maximum Gasteiger partial charge on any atom is 0.224 e. The minimum Gasteiger partial charge on any atom is -0.441 e. The zero-order chi connectivity index (χ0) is 17.8. The molecule has 2 aromatic carbocycles. The van der Waals surface area contributed by atoms with Crippen LogP contribution in [0, 0.1) is 12.7 Å². The second-order valence-corrected chi connectivity index (χ2v) is 6.04. The van der Waals surface area contributed by atoms with Gasteiger partial charge in [-0.2, -0.15) is 0 Å². The van der Waals surface area contributed by atoms with Crippen LogP contribution in [0.4, 0.5) is 10.1 Å². The molecule has 0 aliphatic heterocycles. The molecule has 1 aromatic heterocycles. The summed E-state index contributed by atoms with van der Waals surface area (Å²) in [5, 5.41) is 3.12. The molecular formula is C19H16ClFN2O2. The smallest absolute Gasteiger partial charge is 0.224 e. The van der Waals surface area contributed by atoms with E-state index in [1.54, 1.807) is 31.3 Å². The minimum atomic E-state index is -0.453. The van der Waals surface area contributed by atoms with E-state index in [1.165, 1.54) is 6.07 Å². The van der Waals surface area contributed by atoms with Crippen molar-refractivity contribution in [2.45, 2.75) is 19.8 Å². The molecule has 0 aliphatic rings. The Hall–Kier alpha value is -2.66. The van der Waals surface area contributed by atoms with E-state index < -0.39 is 5.82 Å². The summed E-state index contributed by atoms with van der Waals surface area (Å²) in [6.07, 6.45) is 2.02. The molecule has 1 heterocycles. The van der Waals surface area contributed by atoms with Gasteiger partial charge in [0.1, 0.15) is 5.82 Å². The topological polar surface area (TPSA) is 55.1 Å². The lowest BCUT2D eigenvalue weighted by molar-refractivity contribution is -0.116. The van der Waals surface area contributed by atoms with Crippen molar-refractivity contribution in [1.82, 2.24) is 4.98 Å². The first kappa shape index (κ1) is 17.2. The van der Waals surface area contributed by atoms with Gasteiger partial charge in [-0.05, 0) is 36.8 Å². The number of nitrogens with one attached hydrogen (secondary N) is 1. The molecule has 3 rings (SSSR count). The van der Waals surface area contributed by atoms with Gasteiger partial charge in [0, 0.05) is 18.4 Å². The van der Waals surface area contributed by atoms with Crippen molar-refractivity contribution in [2.24, 2.45) is 0 Å². The van der Waals surface area contributed by atoms with Crippen molar-refractivity contribution in [3.63, 3.8) is 0 Å². The molecule has 3 aromatic rings. The highest BCUT2D eigenvalue weighted by molar-refractivity contribution is 6.33. The van der Waals surface area contributed by atoms with Crippen molar-refractivity contribution in [3.8, 4) is 11.3 Å². The van der Waals surface area contributed by atoms with Crippen molar-refractivity contribution in [1.29, 1.82) is 0 Å². The van der Waals surface area contributed by atoms with E-state index in [-0.39, 0.29) is 18.0 Å². The lowest BCUT2D eigenvalue weighted by Gasteiger charge is -2.06. The lowest BCUT2D eigenvalue weighted by atomic mass is 10.2. The number of hydrogen-bond acceptors (Lipinski definition) is 3. The van der Waals surface area contributed by atoms with Crippen molar-refractivity contribution >= 4 is 23.2 Å². The summed E-state index contributed by atoms with van der Waals surface area (Å²) in [5.41, 5.74) is 1.70. The monoisotopic (exact) mass is 358 g/mol. The third kappa shape index (κ3) is 4.25. The number of oxazole rings is 1. The number of nitrogens with zero attached hydrogens (tertiary/aromatic N) is 1. The van der Waals surface area contributed by atoms with Crippen LogP contribution in [-0.2, 0) is 11.2 Å². The number of halogens is 2.